The molecule has 17 heavy (non-hydrogen) atoms. The van der Waals surface area contributed by atoms with E-state index in [1.807, 2.05) is 20.1 Å². The maximum Gasteiger partial charge on any atom is 0.331 e. The number of hydrogen-bond donors (Lipinski definition) is 0. The third-order valence-corrected chi connectivity index (χ3v) is 2.71. The van der Waals surface area contributed by atoms with Crippen molar-refractivity contribution in [3.8, 4) is 0 Å². The smallest absolute Gasteiger partial charge is 0.331 e. The Bertz CT molecular complexity index is 235. The van der Waals surface area contributed by atoms with Crippen LogP contribution < -0.4 is 0 Å². The first-order valence-electron chi connectivity index (χ1n) is 5.82. The van der Waals surface area contributed by atoms with Crippen molar-refractivity contribution in [2.75, 3.05) is 26.1 Å². The van der Waals surface area contributed by atoms with Crippen LogP contribution in [-0.4, -0.2) is 38.3 Å². The van der Waals surface area contributed by atoms with Crippen molar-refractivity contribution in [3.63, 3.8) is 0 Å². The highest BCUT2D eigenvalue weighted by Crippen LogP contribution is 2.20. The molecule has 0 aromatic heterocycles. The van der Waals surface area contributed by atoms with Gasteiger partial charge in [-0.15, -0.1) is 11.8 Å². The number of esters is 1. The average molecular weight is 262 g/mol. The van der Waals surface area contributed by atoms with Gasteiger partial charge in [0.05, 0.1) is 6.61 Å². The summed E-state index contributed by atoms with van der Waals surface area (Å²) in [6.07, 6.45) is 3.69. The molecule has 0 spiro atoms. The van der Waals surface area contributed by atoms with Crippen molar-refractivity contribution in [2.45, 2.75) is 33.5 Å². The zero-order chi connectivity index (χ0) is 13.1. The molecule has 0 atom stereocenters. The van der Waals surface area contributed by atoms with E-state index in [1.54, 1.807) is 6.92 Å². The molecule has 0 aromatic rings. The third kappa shape index (κ3) is 8.24. The van der Waals surface area contributed by atoms with Crippen molar-refractivity contribution < 1.29 is 19.0 Å². The summed E-state index contributed by atoms with van der Waals surface area (Å²) in [4.78, 5) is 12.2. The van der Waals surface area contributed by atoms with Crippen molar-refractivity contribution in [2.24, 2.45) is 0 Å². The summed E-state index contributed by atoms with van der Waals surface area (Å²) in [5, 5.41) is 0. The van der Waals surface area contributed by atoms with E-state index in [9.17, 15) is 4.79 Å². The van der Waals surface area contributed by atoms with Crippen molar-refractivity contribution >= 4 is 17.7 Å². The first kappa shape index (κ1) is 16.5. The minimum atomic E-state index is -0.316. The molecule has 5 heteroatoms. The van der Waals surface area contributed by atoms with Gasteiger partial charge in [0, 0.05) is 25.7 Å². The fraction of sp³-hybridized carbons (Fsp3) is 0.750. The van der Waals surface area contributed by atoms with E-state index in [0.717, 1.165) is 4.91 Å². The summed E-state index contributed by atoms with van der Waals surface area (Å²) in [5.41, 5.74) is 0. The minimum Gasteiger partial charge on any atom is -0.463 e. The molecule has 0 aliphatic rings. The van der Waals surface area contributed by atoms with Gasteiger partial charge in [0.1, 0.15) is 0 Å². The van der Waals surface area contributed by atoms with Gasteiger partial charge in [-0.3, -0.25) is 0 Å². The highest BCUT2D eigenvalue weighted by Gasteiger charge is 2.12. The average Bonchev–Trinajstić information content (AvgIpc) is 2.29. The normalized spacial score (nSPS) is 11.9. The van der Waals surface area contributed by atoms with E-state index in [4.69, 9.17) is 14.2 Å². The molecule has 0 bridgehead atoms. The lowest BCUT2D eigenvalue weighted by atomic mass is 10.3. The largest absolute Gasteiger partial charge is 0.463 e. The molecule has 0 heterocycles. The Balaban J connectivity index is 4.37. The van der Waals surface area contributed by atoms with Crippen LogP contribution in [0.15, 0.2) is 11.0 Å². The summed E-state index contributed by atoms with van der Waals surface area (Å²) in [7, 11) is 0. The summed E-state index contributed by atoms with van der Waals surface area (Å²) >= 11 is 1.50. The monoisotopic (exact) mass is 262 g/mol. The van der Waals surface area contributed by atoms with Gasteiger partial charge in [0.15, 0.2) is 6.29 Å². The summed E-state index contributed by atoms with van der Waals surface area (Å²) in [6.45, 7) is 7.18. The Morgan fingerprint density at radius 3 is 2.18 bits per heavy atom. The second-order valence-electron chi connectivity index (χ2n) is 3.11. The highest BCUT2D eigenvalue weighted by atomic mass is 32.2. The van der Waals surface area contributed by atoms with Gasteiger partial charge in [-0.05, 0) is 31.9 Å². The maximum atomic E-state index is 11.3. The fourth-order valence-electron chi connectivity index (χ4n) is 1.22. The molecule has 0 saturated heterocycles. The quantitative estimate of drug-likeness (QED) is 0.363. The van der Waals surface area contributed by atoms with Gasteiger partial charge in [-0.1, -0.05) is 0 Å². The predicted molar refractivity (Wildman–Crippen MR) is 69.9 cm³/mol. The highest BCUT2D eigenvalue weighted by molar-refractivity contribution is 8.02. The number of carbonyl (C=O) groups excluding carboxylic acids is 1. The van der Waals surface area contributed by atoms with Gasteiger partial charge < -0.3 is 14.2 Å². The molecule has 0 unspecified atom stereocenters. The third-order valence-electron chi connectivity index (χ3n) is 1.90. The Kier molecular flexibility index (Phi) is 10.3. The molecule has 0 N–H and O–H groups in total. The first-order valence-corrected chi connectivity index (χ1v) is 7.04. The van der Waals surface area contributed by atoms with Crippen LogP contribution in [0.5, 0.6) is 0 Å². The van der Waals surface area contributed by atoms with Crippen LogP contribution in [0.4, 0.5) is 0 Å². The maximum absolute atomic E-state index is 11.3. The summed E-state index contributed by atoms with van der Waals surface area (Å²) in [6, 6.07) is 0. The lowest BCUT2D eigenvalue weighted by molar-refractivity contribution is -0.137. The molecule has 100 valence electrons. The van der Waals surface area contributed by atoms with Gasteiger partial charge in [0.25, 0.3) is 0 Å². The standard InChI is InChI=1S/C12H22O4S/c1-5-14-11(13)8-10(17-4)9-12(15-6-2)16-7-3/h8,12H,5-7,9H2,1-4H3. The van der Waals surface area contributed by atoms with E-state index in [2.05, 4.69) is 0 Å². The van der Waals surface area contributed by atoms with Gasteiger partial charge >= 0.3 is 5.97 Å². The van der Waals surface area contributed by atoms with Crippen LogP contribution in [0.25, 0.3) is 0 Å². The lowest BCUT2D eigenvalue weighted by Gasteiger charge is -2.17. The van der Waals surface area contributed by atoms with E-state index in [1.165, 1.54) is 17.8 Å². The molecule has 0 aliphatic heterocycles. The Hall–Kier alpha value is -0.520. The van der Waals surface area contributed by atoms with E-state index >= 15 is 0 Å². The van der Waals surface area contributed by atoms with Crippen LogP contribution in [-0.2, 0) is 19.0 Å². The van der Waals surface area contributed by atoms with Gasteiger partial charge in [-0.25, -0.2) is 4.79 Å². The van der Waals surface area contributed by atoms with Gasteiger partial charge in [0.2, 0.25) is 0 Å². The molecule has 0 amide bonds. The molecular weight excluding hydrogens is 240 g/mol. The Labute approximate surface area is 108 Å². The van der Waals surface area contributed by atoms with Gasteiger partial charge in [-0.2, -0.15) is 0 Å². The van der Waals surface area contributed by atoms with Crippen LogP contribution in [0.2, 0.25) is 0 Å². The summed E-state index contributed by atoms with van der Waals surface area (Å²) < 4.78 is 15.7. The summed E-state index contributed by atoms with van der Waals surface area (Å²) in [5.74, 6) is -0.316. The fourth-order valence-corrected chi connectivity index (χ4v) is 1.74. The Morgan fingerprint density at radius 2 is 1.76 bits per heavy atom. The molecule has 0 saturated carbocycles. The van der Waals surface area contributed by atoms with Crippen LogP contribution >= 0.6 is 11.8 Å². The first-order chi connectivity index (χ1) is 8.17. The predicted octanol–water partition coefficient (Wildman–Crippen LogP) is 2.59. The zero-order valence-electron chi connectivity index (χ0n) is 11.0. The second kappa shape index (κ2) is 10.6. The SMILES string of the molecule is CCOC(=O)C=C(CC(OCC)OCC)SC. The molecule has 4 nitrogen and oxygen atoms in total. The molecule has 0 aliphatic carbocycles. The van der Waals surface area contributed by atoms with E-state index in [-0.39, 0.29) is 12.3 Å². The molecule has 0 radical (unpaired) electrons. The van der Waals surface area contributed by atoms with Crippen LogP contribution in [0, 0.1) is 0 Å². The second-order valence-corrected chi connectivity index (χ2v) is 4.04. The molecule has 0 fully saturated rings. The van der Waals surface area contributed by atoms with Crippen molar-refractivity contribution in [1.29, 1.82) is 0 Å². The van der Waals surface area contributed by atoms with E-state index in [0.29, 0.717) is 26.2 Å². The minimum absolute atomic E-state index is 0.293. The number of hydrogen-bond acceptors (Lipinski definition) is 5. The molecule has 0 rings (SSSR count). The van der Waals surface area contributed by atoms with Crippen molar-refractivity contribution in [3.05, 3.63) is 11.0 Å². The lowest BCUT2D eigenvalue weighted by Crippen LogP contribution is -2.18. The van der Waals surface area contributed by atoms with Crippen LogP contribution in [0.1, 0.15) is 27.2 Å². The van der Waals surface area contributed by atoms with Crippen molar-refractivity contribution in [1.82, 2.24) is 0 Å². The zero-order valence-corrected chi connectivity index (χ0v) is 11.8. The number of carbonyl (C=O) groups is 1. The number of thioether (sulfide) groups is 1. The number of rotatable bonds is 9. The number of ether oxygens (including phenoxy) is 3. The molecule has 0 aromatic carbocycles. The van der Waals surface area contributed by atoms with Crippen LogP contribution in [0.3, 0.4) is 0 Å². The van der Waals surface area contributed by atoms with E-state index < -0.39 is 0 Å². The topological polar surface area (TPSA) is 44.8 Å². The Morgan fingerprint density at radius 1 is 1.18 bits per heavy atom. The molecular formula is C12H22O4S.